The van der Waals surface area contributed by atoms with Gasteiger partial charge in [0.05, 0.1) is 9.92 Å². The van der Waals surface area contributed by atoms with Crippen LogP contribution in [0.3, 0.4) is 0 Å². The van der Waals surface area contributed by atoms with Crippen LogP contribution < -0.4 is 5.14 Å². The van der Waals surface area contributed by atoms with E-state index in [0.29, 0.717) is 34.4 Å². The lowest BCUT2D eigenvalue weighted by Gasteiger charge is -2.07. The second-order valence-electron chi connectivity index (χ2n) is 6.95. The van der Waals surface area contributed by atoms with E-state index in [9.17, 15) is 8.42 Å². The van der Waals surface area contributed by atoms with Gasteiger partial charge in [0.2, 0.25) is 10.0 Å². The zero-order chi connectivity index (χ0) is 21.3. The Morgan fingerprint density at radius 1 is 0.967 bits per heavy atom. The molecule has 0 unspecified atom stereocenters. The SMILES string of the molecule is Cc1cccc(Cl)c1-c1oc(Cc2ccccc2)nc1-c1ccc(S(N)(=O)=O)cc1. The normalized spacial score (nSPS) is 11.6. The quantitative estimate of drug-likeness (QED) is 0.463. The number of primary sulfonamides is 1. The average Bonchev–Trinajstić information content (AvgIpc) is 3.11. The zero-order valence-electron chi connectivity index (χ0n) is 16.2. The highest BCUT2D eigenvalue weighted by atomic mass is 35.5. The summed E-state index contributed by atoms with van der Waals surface area (Å²) in [6.07, 6.45) is 0.520. The van der Waals surface area contributed by atoms with Crippen LogP contribution in [0.15, 0.2) is 82.1 Å². The van der Waals surface area contributed by atoms with Gasteiger partial charge < -0.3 is 4.42 Å². The second-order valence-corrected chi connectivity index (χ2v) is 8.92. The van der Waals surface area contributed by atoms with Gasteiger partial charge >= 0.3 is 0 Å². The van der Waals surface area contributed by atoms with E-state index in [-0.39, 0.29) is 4.90 Å². The molecule has 0 amide bonds. The number of aromatic nitrogens is 1. The first kappa shape index (κ1) is 20.3. The summed E-state index contributed by atoms with van der Waals surface area (Å²) in [6.45, 7) is 1.95. The van der Waals surface area contributed by atoms with Crippen molar-refractivity contribution in [2.75, 3.05) is 0 Å². The Bertz CT molecular complexity index is 1280. The van der Waals surface area contributed by atoms with E-state index in [1.165, 1.54) is 12.1 Å². The summed E-state index contributed by atoms with van der Waals surface area (Å²) in [4.78, 5) is 4.76. The van der Waals surface area contributed by atoms with Crippen molar-refractivity contribution in [3.05, 3.63) is 94.8 Å². The number of hydrogen-bond donors (Lipinski definition) is 1. The first-order chi connectivity index (χ1) is 14.3. The van der Waals surface area contributed by atoms with E-state index < -0.39 is 10.0 Å². The molecule has 4 aromatic rings. The Kier molecular flexibility index (Phi) is 5.47. The average molecular weight is 439 g/mol. The molecule has 0 bridgehead atoms. The molecule has 0 radical (unpaired) electrons. The van der Waals surface area contributed by atoms with Crippen molar-refractivity contribution in [1.82, 2.24) is 4.98 Å². The number of aryl methyl sites for hydroxylation is 1. The maximum Gasteiger partial charge on any atom is 0.238 e. The summed E-state index contributed by atoms with van der Waals surface area (Å²) in [6, 6.07) is 21.8. The Balaban J connectivity index is 1.85. The van der Waals surface area contributed by atoms with Crippen LogP contribution in [0.1, 0.15) is 17.0 Å². The van der Waals surface area contributed by atoms with Gasteiger partial charge in [-0.1, -0.05) is 66.2 Å². The lowest BCUT2D eigenvalue weighted by atomic mass is 10.0. The van der Waals surface area contributed by atoms with Crippen LogP contribution in [-0.4, -0.2) is 13.4 Å². The van der Waals surface area contributed by atoms with Gasteiger partial charge in [-0.3, -0.25) is 0 Å². The van der Waals surface area contributed by atoms with E-state index in [1.54, 1.807) is 18.2 Å². The minimum absolute atomic E-state index is 0.0368. The minimum atomic E-state index is -3.78. The van der Waals surface area contributed by atoms with Gasteiger partial charge in [-0.15, -0.1) is 0 Å². The summed E-state index contributed by atoms with van der Waals surface area (Å²) in [5.41, 5.74) is 4.08. The van der Waals surface area contributed by atoms with Crippen molar-refractivity contribution in [2.45, 2.75) is 18.2 Å². The first-order valence-corrected chi connectivity index (χ1v) is 11.2. The van der Waals surface area contributed by atoms with Crippen LogP contribution in [0.25, 0.3) is 22.6 Å². The number of oxazole rings is 1. The molecule has 152 valence electrons. The predicted octanol–water partition coefficient (Wildman–Crippen LogP) is 5.21. The van der Waals surface area contributed by atoms with Crippen LogP contribution in [0, 0.1) is 6.92 Å². The van der Waals surface area contributed by atoms with Gasteiger partial charge in [0, 0.05) is 17.5 Å². The van der Waals surface area contributed by atoms with Crippen LogP contribution in [0.5, 0.6) is 0 Å². The zero-order valence-corrected chi connectivity index (χ0v) is 17.7. The molecule has 5 nitrogen and oxygen atoms in total. The number of rotatable bonds is 5. The highest BCUT2D eigenvalue weighted by Gasteiger charge is 2.21. The van der Waals surface area contributed by atoms with Gasteiger partial charge in [0.1, 0.15) is 5.69 Å². The number of hydrogen-bond acceptors (Lipinski definition) is 4. The van der Waals surface area contributed by atoms with E-state index in [2.05, 4.69) is 0 Å². The topological polar surface area (TPSA) is 86.2 Å². The molecule has 4 rings (SSSR count). The van der Waals surface area contributed by atoms with Crippen molar-refractivity contribution in [2.24, 2.45) is 5.14 Å². The van der Waals surface area contributed by atoms with Gasteiger partial charge in [0.15, 0.2) is 11.7 Å². The van der Waals surface area contributed by atoms with Crippen molar-refractivity contribution in [1.29, 1.82) is 0 Å². The smallest absolute Gasteiger partial charge is 0.238 e. The van der Waals surface area contributed by atoms with Crippen LogP contribution >= 0.6 is 11.6 Å². The molecule has 1 heterocycles. The molecule has 2 N–H and O–H groups in total. The van der Waals surface area contributed by atoms with Crippen molar-refractivity contribution < 1.29 is 12.8 Å². The Labute approximate surface area is 180 Å². The van der Waals surface area contributed by atoms with Gasteiger partial charge in [-0.2, -0.15) is 0 Å². The number of sulfonamides is 1. The summed E-state index contributed by atoms with van der Waals surface area (Å²) in [5.74, 6) is 1.09. The van der Waals surface area contributed by atoms with Crippen LogP contribution in [0.4, 0.5) is 0 Å². The summed E-state index contributed by atoms with van der Waals surface area (Å²) in [5, 5.41) is 5.77. The minimum Gasteiger partial charge on any atom is -0.440 e. The lowest BCUT2D eigenvalue weighted by Crippen LogP contribution is -2.11. The Hall–Kier alpha value is -2.93. The molecule has 0 atom stereocenters. The summed E-state index contributed by atoms with van der Waals surface area (Å²) >= 11 is 6.49. The molecule has 7 heteroatoms. The van der Waals surface area contributed by atoms with Gasteiger partial charge in [-0.05, 0) is 36.2 Å². The van der Waals surface area contributed by atoms with E-state index in [1.807, 2.05) is 49.4 Å². The maximum atomic E-state index is 11.6. The largest absolute Gasteiger partial charge is 0.440 e. The summed E-state index contributed by atoms with van der Waals surface area (Å²) in [7, 11) is -3.78. The van der Waals surface area contributed by atoms with E-state index in [0.717, 1.165) is 16.7 Å². The van der Waals surface area contributed by atoms with E-state index >= 15 is 0 Å². The van der Waals surface area contributed by atoms with Crippen molar-refractivity contribution in [3.8, 4) is 22.6 Å². The second kappa shape index (κ2) is 8.07. The lowest BCUT2D eigenvalue weighted by molar-refractivity contribution is 0.519. The number of halogens is 1. The molecular formula is C23H19ClN2O3S. The molecule has 0 aliphatic heterocycles. The van der Waals surface area contributed by atoms with Crippen LogP contribution in [0.2, 0.25) is 5.02 Å². The fourth-order valence-corrected chi connectivity index (χ4v) is 4.12. The van der Waals surface area contributed by atoms with Gasteiger partial charge in [-0.25, -0.2) is 18.5 Å². The molecule has 0 fully saturated rings. The fourth-order valence-electron chi connectivity index (χ4n) is 3.30. The van der Waals surface area contributed by atoms with Crippen LogP contribution in [-0.2, 0) is 16.4 Å². The molecule has 0 saturated carbocycles. The van der Waals surface area contributed by atoms with E-state index in [4.69, 9.17) is 26.1 Å². The molecule has 0 saturated heterocycles. The Morgan fingerprint density at radius 2 is 1.67 bits per heavy atom. The standard InChI is InChI=1S/C23H19ClN2O3S/c1-15-6-5-9-19(24)21(15)23-22(17-10-12-18(13-11-17)30(25,27)28)26-20(29-23)14-16-7-3-2-4-8-16/h2-13H,14H2,1H3,(H2,25,27,28). The monoisotopic (exact) mass is 438 g/mol. The third-order valence-corrected chi connectivity index (χ3v) is 6.02. The molecule has 0 spiro atoms. The molecular weight excluding hydrogens is 420 g/mol. The third-order valence-electron chi connectivity index (χ3n) is 4.77. The van der Waals surface area contributed by atoms with Gasteiger partial charge in [0.25, 0.3) is 0 Å². The summed E-state index contributed by atoms with van der Waals surface area (Å²) < 4.78 is 29.4. The molecule has 3 aromatic carbocycles. The molecule has 0 aliphatic rings. The molecule has 1 aromatic heterocycles. The molecule has 30 heavy (non-hydrogen) atoms. The number of nitrogens with zero attached hydrogens (tertiary/aromatic N) is 1. The fraction of sp³-hybridized carbons (Fsp3) is 0.0870. The number of benzene rings is 3. The Morgan fingerprint density at radius 3 is 2.30 bits per heavy atom. The third kappa shape index (κ3) is 4.16. The highest BCUT2D eigenvalue weighted by Crippen LogP contribution is 2.39. The first-order valence-electron chi connectivity index (χ1n) is 9.25. The number of nitrogens with two attached hydrogens (primary N) is 1. The van der Waals surface area contributed by atoms with Crippen molar-refractivity contribution in [3.63, 3.8) is 0 Å². The predicted molar refractivity (Wildman–Crippen MR) is 118 cm³/mol. The van der Waals surface area contributed by atoms with Crippen molar-refractivity contribution >= 4 is 21.6 Å². The molecule has 0 aliphatic carbocycles. The maximum absolute atomic E-state index is 11.6. The highest BCUT2D eigenvalue weighted by molar-refractivity contribution is 7.89.